The van der Waals surface area contributed by atoms with Crippen LogP contribution in [0.1, 0.15) is 28.5 Å². The molecule has 142 valence electrons. The van der Waals surface area contributed by atoms with Crippen molar-refractivity contribution >= 4 is 5.97 Å². The molecule has 1 heterocycles. The molecule has 0 radical (unpaired) electrons. The van der Waals surface area contributed by atoms with E-state index in [0.717, 1.165) is 5.56 Å². The molecule has 2 aromatic carbocycles. The quantitative estimate of drug-likeness (QED) is 0.594. The fourth-order valence-electron chi connectivity index (χ4n) is 2.91. The number of benzene rings is 2. The first-order chi connectivity index (χ1) is 13.5. The van der Waals surface area contributed by atoms with Crippen LogP contribution in [0.15, 0.2) is 54.7 Å². The topological polar surface area (TPSA) is 64.2 Å². The van der Waals surface area contributed by atoms with Crippen LogP contribution >= 0.6 is 0 Å². The molecular formula is C22H19FN2O3. The zero-order valence-corrected chi connectivity index (χ0v) is 15.6. The molecule has 28 heavy (non-hydrogen) atoms. The number of aromatic nitrogens is 1. The Hall–Kier alpha value is -3.59. The van der Waals surface area contributed by atoms with Crippen LogP contribution in [0.5, 0.6) is 5.75 Å². The van der Waals surface area contributed by atoms with Gasteiger partial charge in [0.05, 0.1) is 12.2 Å². The lowest BCUT2D eigenvalue weighted by atomic mass is 10.0. The van der Waals surface area contributed by atoms with Gasteiger partial charge < -0.3 is 14.0 Å². The van der Waals surface area contributed by atoms with Gasteiger partial charge in [-0.1, -0.05) is 24.3 Å². The average molecular weight is 378 g/mol. The molecule has 3 rings (SSSR count). The van der Waals surface area contributed by atoms with Gasteiger partial charge in [0.1, 0.15) is 29.9 Å². The summed E-state index contributed by atoms with van der Waals surface area (Å²) in [5.74, 6) is -0.139. The highest BCUT2D eigenvalue weighted by Crippen LogP contribution is 2.31. The number of hydrogen-bond acceptors (Lipinski definition) is 4. The lowest BCUT2D eigenvalue weighted by Gasteiger charge is -2.09. The lowest BCUT2D eigenvalue weighted by molar-refractivity contribution is 0.0516. The third kappa shape index (κ3) is 4.04. The molecule has 0 aliphatic rings. The number of ether oxygens (including phenoxy) is 2. The normalized spacial score (nSPS) is 10.4. The second-order valence-electron chi connectivity index (χ2n) is 6.15. The Bertz CT molecular complexity index is 1020. The minimum absolute atomic E-state index is 0.251. The molecular weight excluding hydrogens is 359 g/mol. The Labute approximate surface area is 162 Å². The van der Waals surface area contributed by atoms with Gasteiger partial charge in [0.25, 0.3) is 0 Å². The van der Waals surface area contributed by atoms with Gasteiger partial charge in [0, 0.05) is 18.8 Å². The first-order valence-corrected chi connectivity index (χ1v) is 8.77. The van der Waals surface area contributed by atoms with Crippen molar-refractivity contribution in [1.82, 2.24) is 4.57 Å². The van der Waals surface area contributed by atoms with Crippen LogP contribution in [0.3, 0.4) is 0 Å². The number of carbonyl (C=O) groups excluding carboxylic acids is 1. The zero-order valence-electron chi connectivity index (χ0n) is 15.6. The third-order valence-electron chi connectivity index (χ3n) is 4.23. The van der Waals surface area contributed by atoms with Crippen molar-refractivity contribution in [2.45, 2.75) is 13.5 Å². The van der Waals surface area contributed by atoms with Crippen molar-refractivity contribution in [2.75, 3.05) is 6.61 Å². The van der Waals surface area contributed by atoms with Crippen LogP contribution in [0.4, 0.5) is 4.39 Å². The van der Waals surface area contributed by atoms with Crippen LogP contribution in [-0.2, 0) is 18.4 Å². The Morgan fingerprint density at radius 2 is 1.82 bits per heavy atom. The van der Waals surface area contributed by atoms with E-state index in [2.05, 4.69) is 6.07 Å². The molecule has 0 saturated carbocycles. The van der Waals surface area contributed by atoms with Gasteiger partial charge in [-0.2, -0.15) is 5.26 Å². The van der Waals surface area contributed by atoms with Crippen molar-refractivity contribution in [3.63, 3.8) is 0 Å². The molecule has 0 N–H and O–H groups in total. The third-order valence-corrected chi connectivity index (χ3v) is 4.23. The number of rotatable bonds is 6. The molecule has 0 aliphatic carbocycles. The summed E-state index contributed by atoms with van der Waals surface area (Å²) >= 11 is 0. The van der Waals surface area contributed by atoms with E-state index in [0.29, 0.717) is 34.7 Å². The Morgan fingerprint density at radius 1 is 1.14 bits per heavy atom. The highest BCUT2D eigenvalue weighted by Gasteiger charge is 2.22. The van der Waals surface area contributed by atoms with Gasteiger partial charge >= 0.3 is 5.97 Å². The molecule has 0 saturated heterocycles. The minimum atomic E-state index is -0.474. The molecule has 0 amide bonds. The second kappa shape index (κ2) is 8.40. The number of hydrogen-bond donors (Lipinski definition) is 0. The molecule has 0 atom stereocenters. The van der Waals surface area contributed by atoms with E-state index < -0.39 is 5.97 Å². The molecule has 0 bridgehead atoms. The summed E-state index contributed by atoms with van der Waals surface area (Å²) in [6, 6.07) is 15.3. The van der Waals surface area contributed by atoms with E-state index in [4.69, 9.17) is 9.47 Å². The van der Waals surface area contributed by atoms with Crippen molar-refractivity contribution in [3.8, 4) is 22.9 Å². The predicted molar refractivity (Wildman–Crippen MR) is 102 cm³/mol. The first kappa shape index (κ1) is 19.2. The Morgan fingerprint density at radius 3 is 2.43 bits per heavy atom. The molecule has 0 aliphatic heterocycles. The van der Waals surface area contributed by atoms with E-state index >= 15 is 0 Å². The van der Waals surface area contributed by atoms with Gasteiger partial charge in [-0.05, 0) is 42.3 Å². The van der Waals surface area contributed by atoms with Gasteiger partial charge in [0.2, 0.25) is 0 Å². The largest absolute Gasteiger partial charge is 0.489 e. The molecule has 5 nitrogen and oxygen atoms in total. The molecule has 0 spiro atoms. The highest BCUT2D eigenvalue weighted by atomic mass is 19.1. The van der Waals surface area contributed by atoms with Crippen LogP contribution in [-0.4, -0.2) is 17.1 Å². The summed E-state index contributed by atoms with van der Waals surface area (Å²) in [4.78, 5) is 12.3. The first-order valence-electron chi connectivity index (χ1n) is 8.77. The Kier molecular flexibility index (Phi) is 5.75. The maximum atomic E-state index is 13.0. The van der Waals surface area contributed by atoms with Gasteiger partial charge in [-0.3, -0.25) is 0 Å². The van der Waals surface area contributed by atoms with Crippen molar-refractivity contribution < 1.29 is 18.7 Å². The zero-order chi connectivity index (χ0) is 20.1. The molecule has 0 fully saturated rings. The number of nitriles is 1. The minimum Gasteiger partial charge on any atom is -0.489 e. The smallest absolute Gasteiger partial charge is 0.355 e. The number of esters is 1. The lowest BCUT2D eigenvalue weighted by Crippen LogP contribution is -2.10. The summed E-state index contributed by atoms with van der Waals surface area (Å²) < 4.78 is 25.4. The standard InChI is InChI=1S/C22H19FN2O3/c1-3-27-22(26)21-20(17(12-24)13-25(21)2)16-6-10-19(11-7-16)28-14-15-4-8-18(23)9-5-15/h4-11,13H,3,14H2,1-2H3. The van der Waals surface area contributed by atoms with Crippen LogP contribution in [0, 0.1) is 17.1 Å². The molecule has 3 aromatic rings. The molecule has 6 heteroatoms. The summed E-state index contributed by atoms with van der Waals surface area (Å²) in [7, 11) is 1.71. The van der Waals surface area contributed by atoms with E-state index in [-0.39, 0.29) is 12.4 Å². The fraction of sp³-hybridized carbons (Fsp3) is 0.182. The van der Waals surface area contributed by atoms with E-state index in [1.165, 1.54) is 12.1 Å². The maximum absolute atomic E-state index is 13.0. The van der Waals surface area contributed by atoms with Crippen molar-refractivity contribution in [3.05, 3.63) is 77.4 Å². The van der Waals surface area contributed by atoms with Crippen LogP contribution in [0.2, 0.25) is 0 Å². The maximum Gasteiger partial charge on any atom is 0.355 e. The van der Waals surface area contributed by atoms with Crippen molar-refractivity contribution in [1.29, 1.82) is 5.26 Å². The monoisotopic (exact) mass is 378 g/mol. The fourth-order valence-corrected chi connectivity index (χ4v) is 2.91. The summed E-state index contributed by atoms with van der Waals surface area (Å²) in [5, 5.41) is 9.45. The van der Waals surface area contributed by atoms with Gasteiger partial charge in [0.15, 0.2) is 0 Å². The van der Waals surface area contributed by atoms with Crippen molar-refractivity contribution in [2.24, 2.45) is 7.05 Å². The number of nitrogens with zero attached hydrogens (tertiary/aromatic N) is 2. The Balaban J connectivity index is 1.84. The highest BCUT2D eigenvalue weighted by molar-refractivity contribution is 5.97. The summed E-state index contributed by atoms with van der Waals surface area (Å²) in [6.45, 7) is 2.29. The number of halogens is 1. The summed E-state index contributed by atoms with van der Waals surface area (Å²) in [5.41, 5.74) is 2.83. The van der Waals surface area contributed by atoms with E-state index in [1.807, 2.05) is 0 Å². The second-order valence-corrected chi connectivity index (χ2v) is 6.15. The number of aryl methyl sites for hydroxylation is 1. The SMILES string of the molecule is CCOC(=O)c1c(-c2ccc(OCc3ccc(F)cc3)cc2)c(C#N)cn1C. The van der Waals surface area contributed by atoms with Gasteiger partial charge in [-0.25, -0.2) is 9.18 Å². The molecule has 0 unspecified atom stereocenters. The average Bonchev–Trinajstić information content (AvgIpc) is 3.04. The van der Waals surface area contributed by atoms with E-state index in [9.17, 15) is 14.4 Å². The number of carbonyl (C=O) groups is 1. The van der Waals surface area contributed by atoms with Crippen LogP contribution < -0.4 is 4.74 Å². The molecule has 1 aromatic heterocycles. The van der Waals surface area contributed by atoms with E-state index in [1.54, 1.807) is 61.1 Å². The summed E-state index contributed by atoms with van der Waals surface area (Å²) in [6.07, 6.45) is 1.61. The van der Waals surface area contributed by atoms with Crippen LogP contribution in [0.25, 0.3) is 11.1 Å². The van der Waals surface area contributed by atoms with Gasteiger partial charge in [-0.15, -0.1) is 0 Å². The predicted octanol–water partition coefficient (Wildman–Crippen LogP) is 4.46.